The van der Waals surface area contributed by atoms with Gasteiger partial charge in [0.05, 0.1) is 6.61 Å². The number of rotatable bonds is 8. The second kappa shape index (κ2) is 8.15. The van der Waals surface area contributed by atoms with Crippen LogP contribution in [-0.2, 0) is 0 Å². The van der Waals surface area contributed by atoms with Gasteiger partial charge in [-0.25, -0.2) is 0 Å². The molecule has 4 heteroatoms. The molecule has 3 nitrogen and oxygen atoms in total. The van der Waals surface area contributed by atoms with Crippen LogP contribution in [-0.4, -0.2) is 24.9 Å². The molecule has 0 aliphatic heterocycles. The maximum absolute atomic E-state index is 12.0. The van der Waals surface area contributed by atoms with E-state index in [0.29, 0.717) is 24.6 Å². The van der Waals surface area contributed by atoms with Gasteiger partial charge in [-0.15, -0.1) is 11.6 Å². The maximum atomic E-state index is 12.0. The average Bonchev–Trinajstić information content (AvgIpc) is 2.46. The Morgan fingerprint density at radius 2 is 1.95 bits per heavy atom. The number of carbonyl (C=O) groups is 1. The van der Waals surface area contributed by atoms with Crippen LogP contribution in [0.4, 0.5) is 0 Å². The Morgan fingerprint density at radius 3 is 2.50 bits per heavy atom. The standard InChI is InChI=1S/C16H24ClNO2/c1-4-5-10-20-14-8-6-13(7-9-14)15(19)18-12-16(2,3)11-17/h6-9H,4-5,10-12H2,1-3H3,(H,18,19). The molecule has 1 amide bonds. The van der Waals surface area contributed by atoms with Crippen molar-refractivity contribution in [3.05, 3.63) is 29.8 Å². The lowest BCUT2D eigenvalue weighted by Gasteiger charge is -2.21. The van der Waals surface area contributed by atoms with Crippen LogP contribution >= 0.6 is 11.6 Å². The summed E-state index contributed by atoms with van der Waals surface area (Å²) in [4.78, 5) is 12.0. The van der Waals surface area contributed by atoms with Crippen LogP contribution < -0.4 is 10.1 Å². The highest BCUT2D eigenvalue weighted by Gasteiger charge is 2.17. The van der Waals surface area contributed by atoms with Gasteiger partial charge in [-0.05, 0) is 36.1 Å². The van der Waals surface area contributed by atoms with Gasteiger partial charge in [0, 0.05) is 18.0 Å². The summed E-state index contributed by atoms with van der Waals surface area (Å²) >= 11 is 5.84. The predicted octanol–water partition coefficient (Wildman–Crippen LogP) is 3.86. The molecule has 0 fully saturated rings. The van der Waals surface area contributed by atoms with Gasteiger partial charge in [0.2, 0.25) is 0 Å². The third-order valence-electron chi connectivity index (χ3n) is 2.97. The molecule has 1 N–H and O–H groups in total. The van der Waals surface area contributed by atoms with Crippen molar-refractivity contribution in [3.63, 3.8) is 0 Å². The normalized spacial score (nSPS) is 11.2. The smallest absolute Gasteiger partial charge is 0.251 e. The number of unbranched alkanes of at least 4 members (excludes halogenated alkanes) is 1. The van der Waals surface area contributed by atoms with Crippen molar-refractivity contribution in [1.29, 1.82) is 0 Å². The van der Waals surface area contributed by atoms with Crippen LogP contribution in [0.2, 0.25) is 0 Å². The molecule has 0 heterocycles. The van der Waals surface area contributed by atoms with Crippen molar-refractivity contribution in [1.82, 2.24) is 5.32 Å². The molecular weight excluding hydrogens is 274 g/mol. The third kappa shape index (κ3) is 5.83. The van der Waals surface area contributed by atoms with E-state index in [2.05, 4.69) is 12.2 Å². The van der Waals surface area contributed by atoms with Crippen LogP contribution in [0.15, 0.2) is 24.3 Å². The highest BCUT2D eigenvalue weighted by molar-refractivity contribution is 6.18. The number of halogens is 1. The molecular formula is C16H24ClNO2. The Kier molecular flexibility index (Phi) is 6.86. The zero-order chi connectivity index (χ0) is 15.0. The molecule has 0 saturated heterocycles. The van der Waals surface area contributed by atoms with Gasteiger partial charge in [-0.1, -0.05) is 27.2 Å². The maximum Gasteiger partial charge on any atom is 0.251 e. The summed E-state index contributed by atoms with van der Waals surface area (Å²) in [5.74, 6) is 1.23. The number of amides is 1. The summed E-state index contributed by atoms with van der Waals surface area (Å²) in [6.45, 7) is 7.44. The van der Waals surface area contributed by atoms with Gasteiger partial charge in [0.25, 0.3) is 5.91 Å². The van der Waals surface area contributed by atoms with Crippen LogP contribution in [0.5, 0.6) is 5.75 Å². The van der Waals surface area contributed by atoms with Gasteiger partial charge in [0.15, 0.2) is 0 Å². The van der Waals surface area contributed by atoms with Gasteiger partial charge >= 0.3 is 0 Å². The topological polar surface area (TPSA) is 38.3 Å². The van der Waals surface area contributed by atoms with E-state index in [-0.39, 0.29) is 11.3 Å². The summed E-state index contributed by atoms with van der Waals surface area (Å²) in [6.07, 6.45) is 2.15. The van der Waals surface area contributed by atoms with Crippen LogP contribution in [0.3, 0.4) is 0 Å². The number of hydrogen-bond acceptors (Lipinski definition) is 2. The van der Waals surface area contributed by atoms with Crippen molar-refractivity contribution in [2.24, 2.45) is 5.41 Å². The van der Waals surface area contributed by atoms with Crippen LogP contribution in [0, 0.1) is 5.41 Å². The first-order valence-corrected chi connectivity index (χ1v) is 7.59. The molecule has 0 bridgehead atoms. The summed E-state index contributed by atoms with van der Waals surface area (Å²) in [5.41, 5.74) is 0.540. The van der Waals surface area contributed by atoms with Gasteiger partial charge in [-0.2, -0.15) is 0 Å². The predicted molar refractivity (Wildman–Crippen MR) is 83.7 cm³/mol. The fraction of sp³-hybridized carbons (Fsp3) is 0.562. The molecule has 0 aromatic heterocycles. The summed E-state index contributed by atoms with van der Waals surface area (Å²) < 4.78 is 5.56. The zero-order valence-corrected chi connectivity index (χ0v) is 13.3. The minimum atomic E-state index is -0.0968. The molecule has 0 aliphatic rings. The largest absolute Gasteiger partial charge is 0.494 e. The fourth-order valence-corrected chi connectivity index (χ4v) is 1.60. The lowest BCUT2D eigenvalue weighted by atomic mass is 9.96. The van der Waals surface area contributed by atoms with Crippen molar-refractivity contribution >= 4 is 17.5 Å². The van der Waals surface area contributed by atoms with Gasteiger partial charge in [-0.3, -0.25) is 4.79 Å². The van der Waals surface area contributed by atoms with Crippen LogP contribution in [0.25, 0.3) is 0 Å². The van der Waals surface area contributed by atoms with E-state index in [4.69, 9.17) is 16.3 Å². The molecule has 0 aliphatic carbocycles. The highest BCUT2D eigenvalue weighted by atomic mass is 35.5. The summed E-state index contributed by atoms with van der Waals surface area (Å²) in [7, 11) is 0. The number of nitrogens with one attached hydrogen (secondary N) is 1. The third-order valence-corrected chi connectivity index (χ3v) is 3.70. The Bertz CT molecular complexity index is 415. The minimum Gasteiger partial charge on any atom is -0.494 e. The molecule has 20 heavy (non-hydrogen) atoms. The average molecular weight is 298 g/mol. The summed E-state index contributed by atoms with van der Waals surface area (Å²) in [6, 6.07) is 7.23. The first kappa shape index (κ1) is 16.8. The number of benzene rings is 1. The van der Waals surface area contributed by atoms with Gasteiger partial charge in [0.1, 0.15) is 5.75 Å². The number of alkyl halides is 1. The lowest BCUT2D eigenvalue weighted by Crippen LogP contribution is -2.34. The van der Waals surface area contributed by atoms with E-state index >= 15 is 0 Å². The number of ether oxygens (including phenoxy) is 1. The first-order valence-electron chi connectivity index (χ1n) is 7.05. The Hall–Kier alpha value is -1.22. The van der Waals surface area contributed by atoms with Gasteiger partial charge < -0.3 is 10.1 Å². The van der Waals surface area contributed by atoms with Crippen LogP contribution in [0.1, 0.15) is 44.0 Å². The van der Waals surface area contributed by atoms with E-state index < -0.39 is 0 Å². The molecule has 0 radical (unpaired) electrons. The quantitative estimate of drug-likeness (QED) is 0.584. The lowest BCUT2D eigenvalue weighted by molar-refractivity contribution is 0.0940. The zero-order valence-electron chi connectivity index (χ0n) is 12.5. The fourth-order valence-electron chi connectivity index (χ4n) is 1.51. The van der Waals surface area contributed by atoms with E-state index in [1.807, 2.05) is 26.0 Å². The molecule has 0 unspecified atom stereocenters. The highest BCUT2D eigenvalue weighted by Crippen LogP contribution is 2.16. The Labute approximate surface area is 126 Å². The molecule has 1 rings (SSSR count). The molecule has 0 atom stereocenters. The SMILES string of the molecule is CCCCOc1ccc(C(=O)NCC(C)(C)CCl)cc1. The molecule has 1 aromatic rings. The number of carbonyl (C=O) groups excluding carboxylic acids is 1. The first-order chi connectivity index (χ1) is 9.48. The van der Waals surface area contributed by atoms with E-state index in [0.717, 1.165) is 18.6 Å². The van der Waals surface area contributed by atoms with E-state index in [1.54, 1.807) is 12.1 Å². The monoisotopic (exact) mass is 297 g/mol. The minimum absolute atomic E-state index is 0.0803. The number of hydrogen-bond donors (Lipinski definition) is 1. The Balaban J connectivity index is 2.49. The molecule has 0 spiro atoms. The Morgan fingerprint density at radius 1 is 1.30 bits per heavy atom. The molecule has 1 aromatic carbocycles. The molecule has 0 saturated carbocycles. The van der Waals surface area contributed by atoms with Crippen molar-refractivity contribution < 1.29 is 9.53 Å². The van der Waals surface area contributed by atoms with Crippen molar-refractivity contribution in [2.75, 3.05) is 19.0 Å². The van der Waals surface area contributed by atoms with Crippen molar-refractivity contribution in [2.45, 2.75) is 33.6 Å². The van der Waals surface area contributed by atoms with Crippen molar-refractivity contribution in [3.8, 4) is 5.75 Å². The molecule has 112 valence electrons. The summed E-state index contributed by atoms with van der Waals surface area (Å²) in [5, 5.41) is 2.90. The van der Waals surface area contributed by atoms with E-state index in [1.165, 1.54) is 0 Å². The second-order valence-corrected chi connectivity index (χ2v) is 5.97. The van der Waals surface area contributed by atoms with E-state index in [9.17, 15) is 4.79 Å². The second-order valence-electron chi connectivity index (χ2n) is 5.71.